The molecule has 0 radical (unpaired) electrons. The number of halogens is 1. The minimum Gasteiger partial charge on any atom is -1.00 e. The summed E-state index contributed by atoms with van der Waals surface area (Å²) in [4.78, 5) is 13.0. The van der Waals surface area contributed by atoms with E-state index in [1.807, 2.05) is 36.4 Å². The summed E-state index contributed by atoms with van der Waals surface area (Å²) in [5.74, 6) is 1.28. The summed E-state index contributed by atoms with van der Waals surface area (Å²) < 4.78 is 14.0. The maximum absolute atomic E-state index is 13.0. The molecule has 226 valence electrons. The van der Waals surface area contributed by atoms with E-state index in [-0.39, 0.29) is 24.7 Å². The third-order valence-corrected chi connectivity index (χ3v) is 8.24. The SMILES string of the molecule is CCCCCCCCCCCCCCOc1c(CC(=O)Nc2cccc(-[c+]3sccn3CC)c2)cccc1OC.[Cl-]. The van der Waals surface area contributed by atoms with Gasteiger partial charge in [0.25, 0.3) is 0 Å². The number of carbonyl (C=O) groups is 1. The fourth-order valence-corrected chi connectivity index (χ4v) is 5.96. The molecule has 41 heavy (non-hydrogen) atoms. The van der Waals surface area contributed by atoms with Crippen molar-refractivity contribution in [2.75, 3.05) is 19.0 Å². The van der Waals surface area contributed by atoms with E-state index in [1.165, 1.54) is 75.6 Å². The molecule has 2 aromatic carbocycles. The Kier molecular flexibility index (Phi) is 17.2. The van der Waals surface area contributed by atoms with Gasteiger partial charge in [-0.05, 0) is 42.9 Å². The second-order valence-electron chi connectivity index (χ2n) is 10.5. The molecule has 1 heterocycles. The highest BCUT2D eigenvalue weighted by Gasteiger charge is 2.16. The molecule has 5 nitrogen and oxygen atoms in total. The molecule has 0 fully saturated rings. The number of aromatic nitrogens is 1. The van der Waals surface area contributed by atoms with Gasteiger partial charge in [0, 0.05) is 24.2 Å². The zero-order valence-corrected chi connectivity index (χ0v) is 26.8. The largest absolute Gasteiger partial charge is 1.00 e. The van der Waals surface area contributed by atoms with Crippen LogP contribution >= 0.6 is 11.3 Å². The van der Waals surface area contributed by atoms with E-state index < -0.39 is 0 Å². The Balaban J connectivity index is 0.00000588. The molecule has 0 saturated heterocycles. The topological polar surface area (TPSA) is 52.5 Å². The molecule has 3 rings (SSSR count). The second kappa shape index (κ2) is 20.3. The molecule has 0 unspecified atom stereocenters. The minimum absolute atomic E-state index is 0. The number of nitrogens with zero attached hydrogens (tertiary/aromatic N) is 1. The molecule has 0 spiro atoms. The van der Waals surface area contributed by atoms with E-state index >= 15 is 0 Å². The van der Waals surface area contributed by atoms with Gasteiger partial charge in [0.05, 0.1) is 31.2 Å². The fraction of sp³-hybridized carbons (Fsp3) is 0.529. The summed E-state index contributed by atoms with van der Waals surface area (Å²) in [6.07, 6.45) is 18.1. The van der Waals surface area contributed by atoms with Crippen molar-refractivity contribution in [3.8, 4) is 22.1 Å². The number of carbonyl (C=O) groups excluding carboxylic acids is 1. The predicted molar refractivity (Wildman–Crippen MR) is 170 cm³/mol. The summed E-state index contributed by atoms with van der Waals surface area (Å²) >= 11 is 1.70. The Hall–Kier alpha value is -2.57. The van der Waals surface area contributed by atoms with Crippen LogP contribution in [0.15, 0.2) is 54.0 Å². The number of aryl methyl sites for hydroxylation is 1. The van der Waals surface area contributed by atoms with Crippen LogP contribution in [0.2, 0.25) is 0 Å². The van der Waals surface area contributed by atoms with Crippen LogP contribution in [0.1, 0.15) is 96.5 Å². The highest BCUT2D eigenvalue weighted by Crippen LogP contribution is 2.32. The highest BCUT2D eigenvalue weighted by atomic mass is 35.5. The Labute approximate surface area is 258 Å². The number of benzene rings is 2. The van der Waals surface area contributed by atoms with Crippen LogP contribution < -0.4 is 27.2 Å². The molecular weight excluding hydrogens is 552 g/mol. The molecule has 0 aliphatic rings. The standard InChI is InChI=1S/C34H48N2O3S.ClH/c1-4-6-7-8-9-10-11-12-13-14-15-16-24-39-33-28(19-18-22-31(33)38-3)27-32(37)35-30-21-17-20-29(26-30)34-36(5-2)23-25-40-34;/h17-23,25-26H,4-16,24,27H2,1-3H3;1H. The number of thiazole rings is 1. The first-order valence-corrected chi connectivity index (χ1v) is 16.2. The summed E-state index contributed by atoms with van der Waals surface area (Å²) in [5.41, 5.74) is 2.73. The van der Waals surface area contributed by atoms with Crippen molar-refractivity contribution in [3.63, 3.8) is 0 Å². The number of amides is 1. The van der Waals surface area contributed by atoms with Gasteiger partial charge in [0.2, 0.25) is 5.91 Å². The number of hydrogen-bond acceptors (Lipinski definition) is 4. The average molecular weight is 601 g/mol. The van der Waals surface area contributed by atoms with Gasteiger partial charge in [0.1, 0.15) is 11.8 Å². The Morgan fingerprint density at radius 3 is 2.22 bits per heavy atom. The molecule has 7 heteroatoms. The van der Waals surface area contributed by atoms with E-state index in [9.17, 15) is 4.79 Å². The first kappa shape index (κ1) is 34.6. The van der Waals surface area contributed by atoms with Crippen molar-refractivity contribution in [1.29, 1.82) is 0 Å². The lowest BCUT2D eigenvalue weighted by Gasteiger charge is -2.15. The molecular formula is C34H49ClN2O3S. The van der Waals surface area contributed by atoms with Gasteiger partial charge in [-0.25, -0.2) is 0 Å². The van der Waals surface area contributed by atoms with Gasteiger partial charge in [-0.15, -0.1) is 0 Å². The Morgan fingerprint density at radius 2 is 1.56 bits per heavy atom. The fourth-order valence-electron chi connectivity index (χ4n) is 5.04. The normalized spacial score (nSPS) is 10.7. The van der Waals surface area contributed by atoms with Crippen molar-refractivity contribution in [3.05, 3.63) is 59.6 Å². The predicted octanol–water partition coefficient (Wildman–Crippen LogP) is 6.79. The summed E-state index contributed by atoms with van der Waals surface area (Å²) in [6.45, 7) is 5.95. The molecule has 1 aromatic heterocycles. The third-order valence-electron chi connectivity index (χ3n) is 7.29. The van der Waals surface area contributed by atoms with E-state index in [2.05, 4.69) is 41.4 Å². The lowest BCUT2D eigenvalue weighted by molar-refractivity contribution is -0.115. The van der Waals surface area contributed by atoms with E-state index in [0.717, 1.165) is 29.8 Å². The number of hydrogen-bond donors (Lipinski definition) is 1. The Bertz CT molecular complexity index is 1150. The van der Waals surface area contributed by atoms with Gasteiger partial charge in [-0.2, -0.15) is 0 Å². The van der Waals surface area contributed by atoms with Crippen LogP contribution in [-0.2, 0) is 17.8 Å². The van der Waals surface area contributed by atoms with Gasteiger partial charge in [-0.3, -0.25) is 9.36 Å². The first-order valence-electron chi connectivity index (χ1n) is 15.3. The molecule has 0 aliphatic heterocycles. The number of ether oxygens (including phenoxy) is 2. The van der Waals surface area contributed by atoms with E-state index in [1.54, 1.807) is 18.4 Å². The van der Waals surface area contributed by atoms with Crippen LogP contribution in [0.5, 0.6) is 11.5 Å². The van der Waals surface area contributed by atoms with Gasteiger partial charge < -0.3 is 27.2 Å². The minimum atomic E-state index is -0.0739. The zero-order chi connectivity index (χ0) is 28.4. The third kappa shape index (κ3) is 12.1. The number of methoxy groups -OCH3 is 1. The molecule has 1 N–H and O–H groups in total. The van der Waals surface area contributed by atoms with Crippen LogP contribution in [0.4, 0.5) is 5.69 Å². The average Bonchev–Trinajstić information content (AvgIpc) is 3.45. The van der Waals surface area contributed by atoms with Crippen LogP contribution in [0.3, 0.4) is 0 Å². The number of anilines is 1. The van der Waals surface area contributed by atoms with Crippen LogP contribution in [0, 0.1) is 0 Å². The van der Waals surface area contributed by atoms with Gasteiger partial charge >= 0.3 is 0 Å². The van der Waals surface area contributed by atoms with Crippen molar-refractivity contribution in [2.24, 2.45) is 0 Å². The molecule has 0 aliphatic carbocycles. The maximum Gasteiger partial charge on any atom is 0.229 e. The van der Waals surface area contributed by atoms with Crippen molar-refractivity contribution < 1.29 is 26.7 Å². The number of unbranched alkanes of at least 4 members (excludes halogenated alkanes) is 11. The lowest BCUT2D eigenvalue weighted by Crippen LogP contribution is -3.00. The van der Waals surface area contributed by atoms with Crippen LogP contribution in [0.25, 0.3) is 10.6 Å². The van der Waals surface area contributed by atoms with Gasteiger partial charge in [-0.1, -0.05) is 89.7 Å². The van der Waals surface area contributed by atoms with Crippen LogP contribution in [-0.4, -0.2) is 24.2 Å². The molecule has 3 aromatic rings. The quantitative estimate of drug-likeness (QED) is 0.115. The molecule has 1 amide bonds. The van der Waals surface area contributed by atoms with Gasteiger partial charge in [0.15, 0.2) is 16.5 Å². The summed E-state index contributed by atoms with van der Waals surface area (Å²) in [6, 6.07) is 13.8. The first-order chi connectivity index (χ1) is 19.7. The highest BCUT2D eigenvalue weighted by molar-refractivity contribution is 7.13. The zero-order valence-electron chi connectivity index (χ0n) is 25.3. The summed E-state index contributed by atoms with van der Waals surface area (Å²) in [7, 11) is 1.65. The van der Waals surface area contributed by atoms with Crippen molar-refractivity contribution >= 4 is 22.9 Å². The monoisotopic (exact) mass is 600 g/mol. The van der Waals surface area contributed by atoms with Crippen molar-refractivity contribution in [1.82, 2.24) is 4.57 Å². The lowest BCUT2D eigenvalue weighted by atomic mass is 10.1. The molecule has 0 saturated carbocycles. The Morgan fingerprint density at radius 1 is 0.902 bits per heavy atom. The molecule has 0 bridgehead atoms. The van der Waals surface area contributed by atoms with E-state index in [0.29, 0.717) is 18.1 Å². The van der Waals surface area contributed by atoms with Crippen molar-refractivity contribution in [2.45, 2.75) is 104 Å². The second-order valence-corrected chi connectivity index (χ2v) is 11.4. The van der Waals surface area contributed by atoms with E-state index in [4.69, 9.17) is 9.47 Å². The smallest absolute Gasteiger partial charge is 0.229 e. The number of para-hydroxylation sites is 1. The number of rotatable bonds is 20. The summed E-state index contributed by atoms with van der Waals surface area (Å²) in [5, 5.41) is 6.34. The number of nitrogens with one attached hydrogen (secondary N) is 1. The molecule has 0 atom stereocenters. The maximum atomic E-state index is 13.0.